The first-order chi connectivity index (χ1) is 8.00. The Bertz CT molecular complexity index is 348. The van der Waals surface area contributed by atoms with Crippen LogP contribution in [0.1, 0.15) is 26.7 Å². The summed E-state index contributed by atoms with van der Waals surface area (Å²) in [6.07, 6.45) is 1.65. The van der Waals surface area contributed by atoms with Crippen LogP contribution in [0.5, 0.6) is 0 Å². The second-order valence-electron chi connectivity index (χ2n) is 3.91. The van der Waals surface area contributed by atoms with Gasteiger partial charge in [0.15, 0.2) is 0 Å². The number of nitrogens with one attached hydrogen (secondary N) is 1. The molecule has 0 radical (unpaired) electrons. The zero-order valence-electron chi connectivity index (χ0n) is 10.2. The summed E-state index contributed by atoms with van der Waals surface area (Å²) in [4.78, 5) is 0. The number of hydrogen-bond donors (Lipinski definition) is 1. The normalized spacial score (nSPS) is 19.2. The number of hydrogen-bond acceptors (Lipinski definition) is 1. The lowest BCUT2D eigenvalue weighted by Crippen LogP contribution is -2.23. The number of halogens is 3. The molecule has 0 aliphatic carbocycles. The molecular weight excluding hydrogens is 227 g/mol. The van der Waals surface area contributed by atoms with Crippen molar-refractivity contribution in [2.45, 2.75) is 32.9 Å². The summed E-state index contributed by atoms with van der Waals surface area (Å²) in [6.45, 7) is 4.67. The molecule has 0 saturated heterocycles. The smallest absolute Gasteiger partial charge is 0.313 e. The van der Waals surface area contributed by atoms with Gasteiger partial charge in [0.1, 0.15) is 0 Å². The third-order valence-corrected chi connectivity index (χ3v) is 2.70. The molecule has 0 aromatic rings. The van der Waals surface area contributed by atoms with E-state index in [1.54, 1.807) is 6.08 Å². The van der Waals surface area contributed by atoms with E-state index in [4.69, 9.17) is 0 Å². The monoisotopic (exact) mass is 245 g/mol. The van der Waals surface area contributed by atoms with Crippen LogP contribution in [-0.4, -0.2) is 19.3 Å². The summed E-state index contributed by atoms with van der Waals surface area (Å²) in [5, 5.41) is 3.10. The topological polar surface area (TPSA) is 12.0 Å². The van der Waals surface area contributed by atoms with E-state index in [9.17, 15) is 13.2 Å². The predicted molar refractivity (Wildman–Crippen MR) is 63.8 cm³/mol. The van der Waals surface area contributed by atoms with Crippen molar-refractivity contribution in [3.05, 3.63) is 34.9 Å². The van der Waals surface area contributed by atoms with Gasteiger partial charge in [0.2, 0.25) is 0 Å². The molecule has 0 fully saturated rings. The Morgan fingerprint density at radius 3 is 2.59 bits per heavy atom. The average Bonchev–Trinajstić information content (AvgIpc) is 2.28. The fourth-order valence-electron chi connectivity index (χ4n) is 1.96. The quantitative estimate of drug-likeness (QED) is 0.747. The highest BCUT2D eigenvalue weighted by molar-refractivity contribution is 5.49. The molecule has 0 unspecified atom stereocenters. The predicted octanol–water partition coefficient (Wildman–Crippen LogP) is 3.75. The molecule has 0 atom stereocenters. The minimum atomic E-state index is -4.28. The van der Waals surface area contributed by atoms with Crippen molar-refractivity contribution in [2.24, 2.45) is 0 Å². The molecule has 0 bridgehead atoms. The fraction of sp³-hybridized carbons (Fsp3) is 0.538. The summed E-state index contributed by atoms with van der Waals surface area (Å²) in [5.41, 5.74) is 0.632. The van der Waals surface area contributed by atoms with Crippen LogP contribution >= 0.6 is 0 Å². The molecule has 1 N–H and O–H groups in total. The lowest BCUT2D eigenvalue weighted by molar-refractivity contribution is -0.0893. The summed E-state index contributed by atoms with van der Waals surface area (Å²) >= 11 is 0. The van der Waals surface area contributed by atoms with Gasteiger partial charge in [0, 0.05) is 6.54 Å². The standard InChI is InChI=1S/C13H18F3N/c1-3-5-11(10-6-8-17-9-7-10)12(4-2)13(14,15)16/h4-6,17H,3,7-9H2,1-2H3/b11-5-,12-4+. The van der Waals surface area contributed by atoms with Crippen LogP contribution in [0.4, 0.5) is 13.2 Å². The van der Waals surface area contributed by atoms with E-state index >= 15 is 0 Å². The second kappa shape index (κ2) is 6.05. The molecule has 0 saturated carbocycles. The first-order valence-corrected chi connectivity index (χ1v) is 5.84. The molecule has 1 aliphatic heterocycles. The Morgan fingerprint density at radius 2 is 2.18 bits per heavy atom. The van der Waals surface area contributed by atoms with E-state index in [1.807, 2.05) is 13.0 Å². The Balaban J connectivity index is 3.09. The van der Waals surface area contributed by atoms with Gasteiger partial charge in [-0.15, -0.1) is 0 Å². The van der Waals surface area contributed by atoms with Crippen LogP contribution in [-0.2, 0) is 0 Å². The van der Waals surface area contributed by atoms with E-state index in [0.717, 1.165) is 18.2 Å². The summed E-state index contributed by atoms with van der Waals surface area (Å²) in [7, 11) is 0. The third kappa shape index (κ3) is 3.73. The Hall–Kier alpha value is -1.03. The molecule has 1 aliphatic rings. The van der Waals surface area contributed by atoms with Gasteiger partial charge >= 0.3 is 6.18 Å². The Labute approximate surface area is 100 Å². The van der Waals surface area contributed by atoms with Gasteiger partial charge in [-0.2, -0.15) is 13.2 Å². The SMILES string of the molecule is C/C=C(\C(=C/CC)C1=CCNCC1)C(F)(F)F. The molecule has 96 valence electrons. The fourth-order valence-corrected chi connectivity index (χ4v) is 1.96. The molecule has 4 heteroatoms. The van der Waals surface area contributed by atoms with Gasteiger partial charge in [-0.1, -0.05) is 25.2 Å². The average molecular weight is 245 g/mol. The van der Waals surface area contributed by atoms with E-state index in [0.29, 0.717) is 25.0 Å². The van der Waals surface area contributed by atoms with Crippen LogP contribution in [0.2, 0.25) is 0 Å². The number of rotatable bonds is 3. The van der Waals surface area contributed by atoms with Gasteiger partial charge in [-0.25, -0.2) is 0 Å². The maximum atomic E-state index is 12.9. The number of alkyl halides is 3. The van der Waals surface area contributed by atoms with Crippen LogP contribution < -0.4 is 5.32 Å². The van der Waals surface area contributed by atoms with Crippen molar-refractivity contribution in [1.82, 2.24) is 5.32 Å². The molecule has 1 heterocycles. The van der Waals surface area contributed by atoms with E-state index in [1.165, 1.54) is 6.92 Å². The van der Waals surface area contributed by atoms with E-state index in [-0.39, 0.29) is 0 Å². The van der Waals surface area contributed by atoms with Gasteiger partial charge in [0.25, 0.3) is 0 Å². The lowest BCUT2D eigenvalue weighted by Gasteiger charge is -2.21. The maximum absolute atomic E-state index is 12.9. The zero-order valence-corrected chi connectivity index (χ0v) is 10.2. The van der Waals surface area contributed by atoms with E-state index in [2.05, 4.69) is 5.32 Å². The number of allylic oxidation sites excluding steroid dienone is 4. The van der Waals surface area contributed by atoms with Crippen molar-refractivity contribution < 1.29 is 13.2 Å². The highest BCUT2D eigenvalue weighted by Gasteiger charge is 2.36. The Kier molecular flexibility index (Phi) is 5.00. The second-order valence-corrected chi connectivity index (χ2v) is 3.91. The van der Waals surface area contributed by atoms with Crippen molar-refractivity contribution in [3.8, 4) is 0 Å². The van der Waals surface area contributed by atoms with Crippen LogP contribution in [0.25, 0.3) is 0 Å². The maximum Gasteiger partial charge on any atom is 0.416 e. The molecule has 0 spiro atoms. The summed E-state index contributed by atoms with van der Waals surface area (Å²) < 4.78 is 38.7. The molecule has 1 nitrogen and oxygen atoms in total. The van der Waals surface area contributed by atoms with Crippen molar-refractivity contribution in [2.75, 3.05) is 13.1 Å². The first kappa shape index (κ1) is 14.0. The van der Waals surface area contributed by atoms with Gasteiger partial charge in [0.05, 0.1) is 5.57 Å². The van der Waals surface area contributed by atoms with Crippen molar-refractivity contribution in [3.63, 3.8) is 0 Å². The summed E-state index contributed by atoms with van der Waals surface area (Å²) in [5.74, 6) is 0. The summed E-state index contributed by atoms with van der Waals surface area (Å²) in [6, 6.07) is 0. The third-order valence-electron chi connectivity index (χ3n) is 2.70. The molecule has 1 rings (SSSR count). The largest absolute Gasteiger partial charge is 0.416 e. The molecule has 0 aromatic heterocycles. The minimum absolute atomic E-state index is 0.351. The Morgan fingerprint density at radius 1 is 1.47 bits per heavy atom. The van der Waals surface area contributed by atoms with Crippen LogP contribution in [0, 0.1) is 0 Å². The highest BCUT2D eigenvalue weighted by Crippen LogP contribution is 2.36. The molecule has 0 amide bonds. The van der Waals surface area contributed by atoms with Gasteiger partial charge in [-0.05, 0) is 37.5 Å². The zero-order chi connectivity index (χ0) is 12.9. The first-order valence-electron chi connectivity index (χ1n) is 5.84. The van der Waals surface area contributed by atoms with Crippen LogP contribution in [0.3, 0.4) is 0 Å². The minimum Gasteiger partial charge on any atom is -0.313 e. The molecule has 17 heavy (non-hydrogen) atoms. The highest BCUT2D eigenvalue weighted by atomic mass is 19.4. The van der Waals surface area contributed by atoms with Crippen molar-refractivity contribution >= 4 is 0 Å². The lowest BCUT2D eigenvalue weighted by atomic mass is 9.92. The van der Waals surface area contributed by atoms with Crippen molar-refractivity contribution in [1.29, 1.82) is 0 Å². The van der Waals surface area contributed by atoms with Gasteiger partial charge in [-0.3, -0.25) is 0 Å². The molecular formula is C13H18F3N. The van der Waals surface area contributed by atoms with E-state index < -0.39 is 11.7 Å². The molecule has 0 aromatic carbocycles. The van der Waals surface area contributed by atoms with Gasteiger partial charge < -0.3 is 5.32 Å². The van der Waals surface area contributed by atoms with Crippen LogP contribution in [0.15, 0.2) is 34.9 Å².